The second kappa shape index (κ2) is 9.22. The number of benzene rings is 1. The Balaban J connectivity index is 1.98. The molecule has 1 amide bonds. The Morgan fingerprint density at radius 2 is 2.00 bits per heavy atom. The van der Waals surface area contributed by atoms with Crippen LogP contribution >= 0.6 is 0 Å². The smallest absolute Gasteiger partial charge is 0.411 e. The minimum Gasteiger partial charge on any atom is -0.468 e. The molecular formula is C17H19F3N2O5S. The lowest BCUT2D eigenvalue weighted by Crippen LogP contribution is -2.30. The Bertz CT molecular complexity index is 896. The SMILES string of the molecule is Cc1ccc(S(=O)(=O)NCc2ccco2)cc1C(=O)NCCOCC(F)(F)F. The van der Waals surface area contributed by atoms with Gasteiger partial charge in [0.05, 0.1) is 24.3 Å². The van der Waals surface area contributed by atoms with E-state index in [1.165, 1.54) is 24.5 Å². The molecule has 7 nitrogen and oxygen atoms in total. The second-order valence-electron chi connectivity index (χ2n) is 5.80. The van der Waals surface area contributed by atoms with Gasteiger partial charge in [-0.1, -0.05) is 6.07 Å². The van der Waals surface area contributed by atoms with E-state index in [1.54, 1.807) is 19.1 Å². The van der Waals surface area contributed by atoms with Gasteiger partial charge in [0.1, 0.15) is 12.4 Å². The minimum atomic E-state index is -4.44. The van der Waals surface area contributed by atoms with E-state index in [2.05, 4.69) is 14.8 Å². The number of furan rings is 1. The number of ether oxygens (including phenoxy) is 1. The number of rotatable bonds is 9. The summed E-state index contributed by atoms with van der Waals surface area (Å²) in [5.74, 6) is -0.191. The zero-order valence-electron chi connectivity index (χ0n) is 14.9. The molecule has 2 rings (SSSR count). The van der Waals surface area contributed by atoms with Gasteiger partial charge in [-0.3, -0.25) is 4.79 Å². The van der Waals surface area contributed by atoms with Crippen LogP contribution in [0.1, 0.15) is 21.7 Å². The molecule has 2 N–H and O–H groups in total. The van der Waals surface area contributed by atoms with Crippen molar-refractivity contribution in [3.05, 3.63) is 53.5 Å². The highest BCUT2D eigenvalue weighted by molar-refractivity contribution is 7.89. The Morgan fingerprint density at radius 3 is 2.64 bits per heavy atom. The van der Waals surface area contributed by atoms with Gasteiger partial charge in [0.25, 0.3) is 5.91 Å². The van der Waals surface area contributed by atoms with Gasteiger partial charge in [0.15, 0.2) is 0 Å². The fourth-order valence-corrected chi connectivity index (χ4v) is 3.21. The monoisotopic (exact) mass is 420 g/mol. The standard InChI is InChI=1S/C17H19F3N2O5S/c1-12-4-5-14(28(24,25)22-10-13-3-2-7-27-13)9-15(12)16(23)21-6-8-26-11-17(18,19)20/h2-5,7,9,22H,6,8,10-11H2,1H3,(H,21,23). The number of nitrogens with one attached hydrogen (secondary N) is 2. The van der Waals surface area contributed by atoms with Crippen molar-refractivity contribution in [1.29, 1.82) is 0 Å². The van der Waals surface area contributed by atoms with E-state index >= 15 is 0 Å². The zero-order valence-corrected chi connectivity index (χ0v) is 15.7. The summed E-state index contributed by atoms with van der Waals surface area (Å²) in [7, 11) is -3.89. The number of sulfonamides is 1. The number of hydrogen-bond donors (Lipinski definition) is 2. The molecule has 0 radical (unpaired) electrons. The van der Waals surface area contributed by atoms with Crippen LogP contribution < -0.4 is 10.0 Å². The molecule has 2 aromatic rings. The van der Waals surface area contributed by atoms with E-state index in [0.29, 0.717) is 11.3 Å². The third-order valence-corrected chi connectivity index (χ3v) is 4.98. The van der Waals surface area contributed by atoms with Crippen LogP contribution in [-0.4, -0.2) is 40.3 Å². The predicted octanol–water partition coefficient (Wildman–Crippen LogP) is 2.38. The van der Waals surface area contributed by atoms with Gasteiger partial charge in [-0.25, -0.2) is 13.1 Å². The third-order valence-electron chi connectivity index (χ3n) is 3.58. The maximum absolute atomic E-state index is 12.4. The highest BCUT2D eigenvalue weighted by Gasteiger charge is 2.27. The lowest BCUT2D eigenvalue weighted by atomic mass is 10.1. The number of halogens is 3. The molecule has 0 spiro atoms. The van der Waals surface area contributed by atoms with E-state index in [4.69, 9.17) is 4.42 Å². The first kappa shape index (κ1) is 21.9. The quantitative estimate of drug-likeness (QED) is 0.607. The minimum absolute atomic E-state index is 0.0543. The zero-order chi connectivity index (χ0) is 20.8. The molecule has 28 heavy (non-hydrogen) atoms. The molecule has 1 heterocycles. The summed E-state index contributed by atoms with van der Waals surface area (Å²) in [5.41, 5.74) is 0.607. The van der Waals surface area contributed by atoms with Gasteiger partial charge < -0.3 is 14.5 Å². The summed E-state index contributed by atoms with van der Waals surface area (Å²) in [5, 5.41) is 2.40. The van der Waals surface area contributed by atoms with Gasteiger partial charge in [0, 0.05) is 12.1 Å². The topological polar surface area (TPSA) is 97.6 Å². The van der Waals surface area contributed by atoms with Crippen LogP contribution in [-0.2, 0) is 21.3 Å². The molecule has 0 atom stereocenters. The molecule has 0 aliphatic carbocycles. The fraction of sp³-hybridized carbons (Fsp3) is 0.353. The highest BCUT2D eigenvalue weighted by Crippen LogP contribution is 2.17. The Kier molecular flexibility index (Phi) is 7.22. The molecule has 0 saturated carbocycles. The summed E-state index contributed by atoms with van der Waals surface area (Å²) in [4.78, 5) is 12.1. The number of amides is 1. The maximum atomic E-state index is 12.4. The molecular weight excluding hydrogens is 401 g/mol. The molecule has 0 saturated heterocycles. The normalized spacial score (nSPS) is 12.1. The van der Waals surface area contributed by atoms with Crippen LogP contribution in [0, 0.1) is 6.92 Å². The molecule has 0 unspecified atom stereocenters. The Labute approximate surface area is 159 Å². The van der Waals surface area contributed by atoms with E-state index in [0.717, 1.165) is 0 Å². The third kappa shape index (κ3) is 6.66. The second-order valence-corrected chi connectivity index (χ2v) is 7.57. The van der Waals surface area contributed by atoms with Gasteiger partial charge in [-0.05, 0) is 36.8 Å². The number of carbonyl (C=O) groups excluding carboxylic acids is 1. The molecule has 0 bridgehead atoms. The van der Waals surface area contributed by atoms with Gasteiger partial charge in [-0.15, -0.1) is 0 Å². The first-order chi connectivity index (χ1) is 13.1. The maximum Gasteiger partial charge on any atom is 0.411 e. The summed E-state index contributed by atoms with van der Waals surface area (Å²) < 4.78 is 72.6. The molecule has 0 aliphatic heterocycles. The van der Waals surface area contributed by atoms with Crippen LogP contribution in [0.4, 0.5) is 13.2 Å². The van der Waals surface area contributed by atoms with Crippen LogP contribution in [0.15, 0.2) is 45.9 Å². The van der Waals surface area contributed by atoms with Crippen molar-refractivity contribution in [3.8, 4) is 0 Å². The van der Waals surface area contributed by atoms with Crippen molar-refractivity contribution in [2.75, 3.05) is 19.8 Å². The lowest BCUT2D eigenvalue weighted by Gasteiger charge is -2.11. The Morgan fingerprint density at radius 1 is 1.25 bits per heavy atom. The van der Waals surface area contributed by atoms with Crippen molar-refractivity contribution < 1.29 is 35.5 Å². The fourth-order valence-electron chi connectivity index (χ4n) is 2.20. The number of alkyl halides is 3. The molecule has 1 aromatic heterocycles. The largest absolute Gasteiger partial charge is 0.468 e. The molecule has 1 aromatic carbocycles. The van der Waals surface area contributed by atoms with Crippen molar-refractivity contribution in [2.24, 2.45) is 0 Å². The van der Waals surface area contributed by atoms with Gasteiger partial charge >= 0.3 is 6.18 Å². The van der Waals surface area contributed by atoms with Crippen molar-refractivity contribution in [1.82, 2.24) is 10.0 Å². The predicted molar refractivity (Wildman–Crippen MR) is 93.1 cm³/mol. The molecule has 154 valence electrons. The van der Waals surface area contributed by atoms with E-state index in [9.17, 15) is 26.4 Å². The van der Waals surface area contributed by atoms with Crippen molar-refractivity contribution in [2.45, 2.75) is 24.5 Å². The molecule has 0 fully saturated rings. The van der Waals surface area contributed by atoms with Crippen LogP contribution in [0.2, 0.25) is 0 Å². The number of carbonyl (C=O) groups is 1. The summed E-state index contributed by atoms with van der Waals surface area (Å²) in [6.45, 7) is -0.324. The molecule has 11 heteroatoms. The molecule has 0 aliphatic rings. The Hall–Kier alpha value is -2.37. The van der Waals surface area contributed by atoms with Crippen molar-refractivity contribution in [3.63, 3.8) is 0 Å². The average molecular weight is 420 g/mol. The highest BCUT2D eigenvalue weighted by atomic mass is 32.2. The first-order valence-corrected chi connectivity index (χ1v) is 9.62. The van der Waals surface area contributed by atoms with Gasteiger partial charge in [0.2, 0.25) is 10.0 Å². The summed E-state index contributed by atoms with van der Waals surface area (Å²) in [6, 6.07) is 7.25. The number of aryl methyl sites for hydroxylation is 1. The van der Waals surface area contributed by atoms with E-state index < -0.39 is 28.7 Å². The van der Waals surface area contributed by atoms with Gasteiger partial charge in [-0.2, -0.15) is 13.2 Å². The number of hydrogen-bond acceptors (Lipinski definition) is 5. The van der Waals surface area contributed by atoms with E-state index in [1.807, 2.05) is 0 Å². The van der Waals surface area contributed by atoms with Crippen LogP contribution in [0.3, 0.4) is 0 Å². The summed E-state index contributed by atoms with van der Waals surface area (Å²) >= 11 is 0. The van der Waals surface area contributed by atoms with E-state index in [-0.39, 0.29) is 30.2 Å². The average Bonchev–Trinajstić information content (AvgIpc) is 3.12. The lowest BCUT2D eigenvalue weighted by molar-refractivity contribution is -0.173. The summed E-state index contributed by atoms with van der Waals surface area (Å²) in [6.07, 6.45) is -3.03. The van der Waals surface area contributed by atoms with Crippen LogP contribution in [0.5, 0.6) is 0 Å². The van der Waals surface area contributed by atoms with Crippen LogP contribution in [0.25, 0.3) is 0 Å². The van der Waals surface area contributed by atoms with Crippen molar-refractivity contribution >= 4 is 15.9 Å². The first-order valence-electron chi connectivity index (χ1n) is 8.14.